The maximum Gasteiger partial charge on any atom is 0.251 e. The summed E-state index contributed by atoms with van der Waals surface area (Å²) in [5, 5.41) is 5.75. The molecule has 0 spiro atoms. The molecule has 138 valence electrons. The number of hydrogen-bond donors (Lipinski definition) is 2. The lowest BCUT2D eigenvalue weighted by Crippen LogP contribution is -2.47. The largest absolute Gasteiger partial charge is 0.497 e. The third-order valence-corrected chi connectivity index (χ3v) is 4.23. The first-order chi connectivity index (χ1) is 12.3. The normalized spacial score (nSPS) is 11.8. The van der Waals surface area contributed by atoms with Crippen molar-refractivity contribution < 1.29 is 14.3 Å². The molecule has 5 nitrogen and oxygen atoms in total. The van der Waals surface area contributed by atoms with Gasteiger partial charge in [-0.15, -0.1) is 0 Å². The van der Waals surface area contributed by atoms with Crippen molar-refractivity contribution in [2.45, 2.75) is 33.7 Å². The van der Waals surface area contributed by atoms with Crippen LogP contribution in [0.15, 0.2) is 42.5 Å². The molecular weight excluding hydrogens is 328 g/mol. The van der Waals surface area contributed by atoms with Gasteiger partial charge in [-0.3, -0.25) is 9.59 Å². The number of carbonyl (C=O) groups excluding carboxylic acids is 2. The van der Waals surface area contributed by atoms with Crippen LogP contribution in [0.25, 0.3) is 0 Å². The van der Waals surface area contributed by atoms with E-state index in [0.29, 0.717) is 11.3 Å². The summed E-state index contributed by atoms with van der Waals surface area (Å²) >= 11 is 0. The Labute approximate surface area is 154 Å². The van der Waals surface area contributed by atoms with Crippen LogP contribution in [-0.4, -0.2) is 25.0 Å². The van der Waals surface area contributed by atoms with E-state index >= 15 is 0 Å². The Morgan fingerprint density at radius 1 is 1.00 bits per heavy atom. The third-order valence-electron chi connectivity index (χ3n) is 4.23. The van der Waals surface area contributed by atoms with Gasteiger partial charge in [-0.25, -0.2) is 0 Å². The highest BCUT2D eigenvalue weighted by atomic mass is 16.5. The molecule has 0 aromatic heterocycles. The molecule has 0 bridgehead atoms. The summed E-state index contributed by atoms with van der Waals surface area (Å²) in [6.45, 7) is 7.76. The smallest absolute Gasteiger partial charge is 0.251 e. The second kappa shape index (κ2) is 8.52. The number of methoxy groups -OCH3 is 1. The fourth-order valence-electron chi connectivity index (χ4n) is 2.67. The Morgan fingerprint density at radius 2 is 1.65 bits per heavy atom. The van der Waals surface area contributed by atoms with Crippen LogP contribution in [0.1, 0.15) is 35.3 Å². The predicted octanol–water partition coefficient (Wildman–Crippen LogP) is 3.71. The van der Waals surface area contributed by atoms with Gasteiger partial charge in [-0.05, 0) is 55.7 Å². The van der Waals surface area contributed by atoms with E-state index in [-0.39, 0.29) is 17.7 Å². The molecule has 0 aliphatic carbocycles. The molecule has 0 unspecified atom stereocenters. The number of amides is 2. The molecule has 0 heterocycles. The summed E-state index contributed by atoms with van der Waals surface area (Å²) in [5.41, 5.74) is 3.36. The molecule has 5 heteroatoms. The molecule has 2 amide bonds. The zero-order chi connectivity index (χ0) is 19.3. The number of carbonyl (C=O) groups is 2. The van der Waals surface area contributed by atoms with Gasteiger partial charge in [0.15, 0.2) is 0 Å². The minimum absolute atomic E-state index is 0.0528. The van der Waals surface area contributed by atoms with Crippen molar-refractivity contribution >= 4 is 17.5 Å². The highest BCUT2D eigenvalue weighted by Gasteiger charge is 2.25. The van der Waals surface area contributed by atoms with Gasteiger partial charge in [-0.1, -0.05) is 31.5 Å². The Bertz CT molecular complexity index is 782. The number of rotatable bonds is 6. The lowest BCUT2D eigenvalue weighted by Gasteiger charge is -2.22. The van der Waals surface area contributed by atoms with Crippen molar-refractivity contribution in [3.05, 3.63) is 59.2 Å². The fraction of sp³-hybridized carbons (Fsp3) is 0.333. The van der Waals surface area contributed by atoms with Gasteiger partial charge >= 0.3 is 0 Å². The molecular formula is C21H26N2O3. The van der Waals surface area contributed by atoms with E-state index in [1.165, 1.54) is 0 Å². The van der Waals surface area contributed by atoms with Crippen LogP contribution in [0.3, 0.4) is 0 Å². The summed E-state index contributed by atoms with van der Waals surface area (Å²) < 4.78 is 5.10. The summed E-state index contributed by atoms with van der Waals surface area (Å²) in [5.74, 6) is 0.105. The minimum atomic E-state index is -0.634. The second-order valence-corrected chi connectivity index (χ2v) is 6.73. The van der Waals surface area contributed by atoms with E-state index in [2.05, 4.69) is 10.6 Å². The maximum absolute atomic E-state index is 12.7. The lowest BCUT2D eigenvalue weighted by molar-refractivity contribution is -0.118. The van der Waals surface area contributed by atoms with Crippen LogP contribution >= 0.6 is 0 Å². The molecule has 0 saturated carbocycles. The summed E-state index contributed by atoms with van der Waals surface area (Å²) in [7, 11) is 1.57. The predicted molar refractivity (Wildman–Crippen MR) is 104 cm³/mol. The van der Waals surface area contributed by atoms with Crippen LogP contribution in [0.5, 0.6) is 5.75 Å². The first-order valence-corrected chi connectivity index (χ1v) is 8.65. The fourth-order valence-corrected chi connectivity index (χ4v) is 2.67. The van der Waals surface area contributed by atoms with E-state index in [1.54, 1.807) is 31.4 Å². The molecule has 26 heavy (non-hydrogen) atoms. The zero-order valence-corrected chi connectivity index (χ0v) is 15.9. The summed E-state index contributed by atoms with van der Waals surface area (Å²) in [6.07, 6.45) is 0. The second-order valence-electron chi connectivity index (χ2n) is 6.73. The van der Waals surface area contributed by atoms with Gasteiger partial charge in [0.25, 0.3) is 5.91 Å². The van der Waals surface area contributed by atoms with E-state index in [4.69, 9.17) is 4.74 Å². The van der Waals surface area contributed by atoms with Crippen molar-refractivity contribution in [1.82, 2.24) is 5.32 Å². The molecule has 1 atom stereocenters. The van der Waals surface area contributed by atoms with Gasteiger partial charge in [0.05, 0.1) is 7.11 Å². The van der Waals surface area contributed by atoms with Gasteiger partial charge in [0.1, 0.15) is 11.8 Å². The monoisotopic (exact) mass is 354 g/mol. The average molecular weight is 354 g/mol. The molecule has 0 radical (unpaired) electrons. The van der Waals surface area contributed by atoms with Gasteiger partial charge in [0, 0.05) is 11.3 Å². The van der Waals surface area contributed by atoms with Gasteiger partial charge < -0.3 is 15.4 Å². The zero-order valence-electron chi connectivity index (χ0n) is 15.9. The molecule has 2 N–H and O–H groups in total. The first kappa shape index (κ1) is 19.5. The molecule has 0 aliphatic rings. The van der Waals surface area contributed by atoms with E-state index in [0.717, 1.165) is 16.8 Å². The van der Waals surface area contributed by atoms with Crippen molar-refractivity contribution in [2.75, 3.05) is 12.4 Å². The van der Waals surface area contributed by atoms with Gasteiger partial charge in [0.2, 0.25) is 5.91 Å². The molecule has 2 aromatic carbocycles. The highest BCUT2D eigenvalue weighted by Crippen LogP contribution is 2.18. The third kappa shape index (κ3) is 4.85. The summed E-state index contributed by atoms with van der Waals surface area (Å²) in [4.78, 5) is 25.2. The number of nitrogens with one attached hydrogen (secondary N) is 2. The molecule has 0 saturated heterocycles. The molecule has 2 rings (SSSR count). The van der Waals surface area contributed by atoms with Crippen molar-refractivity contribution in [3.8, 4) is 5.75 Å². The topological polar surface area (TPSA) is 67.4 Å². The van der Waals surface area contributed by atoms with E-state index in [9.17, 15) is 9.59 Å². The maximum atomic E-state index is 12.7. The van der Waals surface area contributed by atoms with Crippen molar-refractivity contribution in [2.24, 2.45) is 5.92 Å². The number of anilines is 1. The van der Waals surface area contributed by atoms with E-state index in [1.807, 2.05) is 45.9 Å². The van der Waals surface area contributed by atoms with Crippen LogP contribution < -0.4 is 15.4 Å². The van der Waals surface area contributed by atoms with Crippen LogP contribution in [0.4, 0.5) is 5.69 Å². The van der Waals surface area contributed by atoms with Crippen LogP contribution in [0, 0.1) is 19.8 Å². The van der Waals surface area contributed by atoms with Crippen molar-refractivity contribution in [3.63, 3.8) is 0 Å². The Kier molecular flexibility index (Phi) is 6.39. The molecule has 0 aliphatic heterocycles. The molecule has 2 aromatic rings. The highest BCUT2D eigenvalue weighted by molar-refractivity contribution is 6.01. The Morgan fingerprint density at radius 3 is 2.19 bits per heavy atom. The summed E-state index contributed by atoms with van der Waals surface area (Å²) in [6, 6.07) is 12.0. The lowest BCUT2D eigenvalue weighted by atomic mass is 10.0. The molecule has 0 fully saturated rings. The quantitative estimate of drug-likeness (QED) is 0.831. The van der Waals surface area contributed by atoms with Gasteiger partial charge in [-0.2, -0.15) is 0 Å². The SMILES string of the molecule is COc1ccc(C(=O)N[C@@H](C(=O)Nc2ccc(C)cc2C)C(C)C)cc1. The Hall–Kier alpha value is -2.82. The van der Waals surface area contributed by atoms with E-state index < -0.39 is 6.04 Å². The Balaban J connectivity index is 2.11. The number of aryl methyl sites for hydroxylation is 2. The number of benzene rings is 2. The minimum Gasteiger partial charge on any atom is -0.497 e. The van der Waals surface area contributed by atoms with Crippen molar-refractivity contribution in [1.29, 1.82) is 0 Å². The average Bonchev–Trinajstić information content (AvgIpc) is 2.61. The standard InChI is InChI=1S/C21H26N2O3/c1-13(2)19(21(25)22-18-11-6-14(3)12-15(18)4)23-20(24)16-7-9-17(26-5)10-8-16/h6-13,19H,1-5H3,(H,22,25)(H,23,24)/t19-/m1/s1. The van der Waals surface area contributed by atoms with Crippen LogP contribution in [-0.2, 0) is 4.79 Å². The number of hydrogen-bond acceptors (Lipinski definition) is 3. The first-order valence-electron chi connectivity index (χ1n) is 8.65. The number of ether oxygens (including phenoxy) is 1. The van der Waals surface area contributed by atoms with Crippen LogP contribution in [0.2, 0.25) is 0 Å².